The smallest absolute Gasteiger partial charge is 0.461 e. The number of oxime groups is 1. The SMILES string of the molecule is CC[C@H]1OC(=O)[C@H](C)[C@@H](OC(=O)Cc2ccccn2)[C@H](C)[C@@H](O[C@@H]2O[C@H](C)C[C@H](N(C)C)[C@H]2O)[C@](C)(OC)C[C@@H](C)/C(=N\OCC#Cc2ccc([N+](=O)[O-])nc2)[C@H](C)[C@H]2OC(=O)O[C@@]21C. The molecule has 19 heteroatoms. The van der Waals surface area contributed by atoms with Crippen LogP contribution in [0.25, 0.3) is 0 Å². The Morgan fingerprint density at radius 2 is 1.82 bits per heavy atom. The number of fused-ring (bicyclic) bond motifs is 1. The topological polar surface area (TPSA) is 230 Å². The first-order chi connectivity index (χ1) is 30.7. The van der Waals surface area contributed by atoms with Crippen LogP contribution in [0.1, 0.15) is 85.9 Å². The molecule has 0 radical (unpaired) electrons. The average Bonchev–Trinajstić information content (AvgIpc) is 3.59. The number of hydrogen-bond acceptors (Lipinski definition) is 18. The normalized spacial score (nSPS) is 35.1. The Bertz CT molecular complexity index is 2060. The predicted molar refractivity (Wildman–Crippen MR) is 233 cm³/mol. The second-order valence-corrected chi connectivity index (χ2v) is 17.8. The zero-order valence-corrected chi connectivity index (χ0v) is 39.0. The molecule has 65 heavy (non-hydrogen) atoms. The van der Waals surface area contributed by atoms with Crippen molar-refractivity contribution in [3.8, 4) is 11.8 Å². The van der Waals surface area contributed by atoms with E-state index >= 15 is 0 Å². The lowest BCUT2D eigenvalue weighted by Crippen LogP contribution is -2.60. The molecule has 5 rings (SSSR count). The van der Waals surface area contributed by atoms with Gasteiger partial charge in [0.2, 0.25) is 0 Å². The first-order valence-corrected chi connectivity index (χ1v) is 21.9. The van der Waals surface area contributed by atoms with Gasteiger partial charge in [0, 0.05) is 43.2 Å². The van der Waals surface area contributed by atoms with Crippen molar-refractivity contribution in [2.45, 2.75) is 141 Å². The van der Waals surface area contributed by atoms with E-state index in [2.05, 4.69) is 27.0 Å². The third kappa shape index (κ3) is 12.0. The molecule has 0 spiro atoms. The highest BCUT2D eigenvalue weighted by atomic mass is 16.8. The maximum Gasteiger partial charge on any atom is 0.509 e. The molecule has 14 atom stereocenters. The van der Waals surface area contributed by atoms with E-state index in [1.807, 2.05) is 39.8 Å². The van der Waals surface area contributed by atoms with Crippen molar-refractivity contribution in [2.24, 2.45) is 28.8 Å². The zero-order valence-electron chi connectivity index (χ0n) is 39.0. The minimum absolute atomic E-state index is 0.156. The molecule has 3 aliphatic heterocycles. The number of nitro groups is 1. The van der Waals surface area contributed by atoms with E-state index in [1.54, 1.807) is 59.0 Å². The standard InChI is InChI=1S/C46H63N5O14/c1-12-34-46(8)41(64-44(55)65-46)28(4)37(49-59-21-15-16-31-18-19-35(48-25-31)51(56)57)26(2)24-45(7,58-11)40(63-43-38(53)33(50(9)10)22-27(3)60-43)29(5)39(30(6)42(54)61-34)62-36(52)23-32-17-13-14-20-47-32/h13-14,17-20,25-30,33-34,38-41,43,53H,12,21-24H2,1-11H3/b49-37+/t26-,27-,28+,29+,30-,33+,34-,38-,39+,40-,41-,43+,45-,46-/m1/s1. The van der Waals surface area contributed by atoms with E-state index in [1.165, 1.54) is 25.4 Å². The predicted octanol–water partition coefficient (Wildman–Crippen LogP) is 5.04. The molecule has 2 aromatic rings. The molecule has 19 nitrogen and oxygen atoms in total. The van der Waals surface area contributed by atoms with Crippen molar-refractivity contribution in [1.82, 2.24) is 14.9 Å². The van der Waals surface area contributed by atoms with E-state index in [-0.39, 0.29) is 43.8 Å². The van der Waals surface area contributed by atoms with Gasteiger partial charge in [-0.15, -0.1) is 0 Å². The quantitative estimate of drug-likeness (QED) is 0.0777. The molecule has 3 aliphatic rings. The summed E-state index contributed by atoms with van der Waals surface area (Å²) in [6.07, 6.45) is -4.36. The summed E-state index contributed by atoms with van der Waals surface area (Å²) in [6.45, 7) is 14.0. The maximum atomic E-state index is 14.5. The number of nitrogens with zero attached hydrogens (tertiary/aromatic N) is 5. The van der Waals surface area contributed by atoms with E-state index in [0.29, 0.717) is 23.4 Å². The number of hydrogen-bond donors (Lipinski definition) is 1. The number of carbonyl (C=O) groups is 3. The number of methoxy groups -OCH3 is 1. The minimum atomic E-state index is -1.52. The van der Waals surface area contributed by atoms with Crippen LogP contribution >= 0.6 is 0 Å². The molecule has 0 bridgehead atoms. The summed E-state index contributed by atoms with van der Waals surface area (Å²) < 4.78 is 43.9. The number of pyridine rings is 2. The highest BCUT2D eigenvalue weighted by molar-refractivity contribution is 5.89. The molecule has 3 saturated heterocycles. The first kappa shape index (κ1) is 50.7. The minimum Gasteiger partial charge on any atom is -0.461 e. The van der Waals surface area contributed by atoms with E-state index in [9.17, 15) is 29.6 Å². The molecule has 0 aromatic carbocycles. The summed E-state index contributed by atoms with van der Waals surface area (Å²) in [5.41, 5.74) is -1.54. The summed E-state index contributed by atoms with van der Waals surface area (Å²) in [6, 6.07) is 7.55. The third-order valence-corrected chi connectivity index (χ3v) is 12.8. The number of ether oxygens (including phenoxy) is 7. The first-order valence-electron chi connectivity index (χ1n) is 21.9. The number of likely N-dealkylation sites (N-methyl/N-ethyl adjacent to an activating group) is 1. The Kier molecular flexibility index (Phi) is 17.0. The van der Waals surface area contributed by atoms with Crippen molar-refractivity contribution in [2.75, 3.05) is 27.8 Å². The van der Waals surface area contributed by atoms with Gasteiger partial charge in [0.1, 0.15) is 18.3 Å². The zero-order chi connectivity index (χ0) is 47.8. The lowest BCUT2D eigenvalue weighted by Gasteiger charge is -2.48. The number of rotatable bonds is 11. The number of esters is 2. The van der Waals surface area contributed by atoms with Gasteiger partial charge in [0.25, 0.3) is 0 Å². The molecule has 0 saturated carbocycles. The number of carbonyl (C=O) groups excluding carboxylic acids is 3. The Morgan fingerprint density at radius 1 is 1.08 bits per heavy atom. The largest absolute Gasteiger partial charge is 0.509 e. The molecule has 1 N–H and O–H groups in total. The highest BCUT2D eigenvalue weighted by Gasteiger charge is 2.59. The lowest BCUT2D eigenvalue weighted by molar-refractivity contribution is -0.389. The van der Waals surface area contributed by atoms with Crippen molar-refractivity contribution in [3.63, 3.8) is 0 Å². The van der Waals surface area contributed by atoms with E-state index < -0.39 is 94.7 Å². The van der Waals surface area contributed by atoms with Crippen LogP contribution in [0.2, 0.25) is 0 Å². The average molecular weight is 910 g/mol. The van der Waals surface area contributed by atoms with Crippen LogP contribution in [0.4, 0.5) is 10.6 Å². The van der Waals surface area contributed by atoms with Crippen molar-refractivity contribution in [3.05, 3.63) is 64.1 Å². The lowest BCUT2D eigenvalue weighted by atomic mass is 9.73. The fourth-order valence-corrected chi connectivity index (χ4v) is 9.27. The highest BCUT2D eigenvalue weighted by Crippen LogP contribution is 2.43. The molecule has 5 heterocycles. The summed E-state index contributed by atoms with van der Waals surface area (Å²) in [4.78, 5) is 67.7. The summed E-state index contributed by atoms with van der Waals surface area (Å²) >= 11 is 0. The van der Waals surface area contributed by atoms with Crippen LogP contribution < -0.4 is 0 Å². The fourth-order valence-electron chi connectivity index (χ4n) is 9.27. The van der Waals surface area contributed by atoms with Gasteiger partial charge in [-0.05, 0) is 89.2 Å². The molecule has 0 amide bonds. The van der Waals surface area contributed by atoms with Crippen LogP contribution in [0.15, 0.2) is 47.9 Å². The van der Waals surface area contributed by atoms with Gasteiger partial charge in [0.15, 0.2) is 30.8 Å². The molecule has 0 unspecified atom stereocenters. The summed E-state index contributed by atoms with van der Waals surface area (Å²) in [5, 5.41) is 27.4. The van der Waals surface area contributed by atoms with E-state index in [0.717, 1.165) is 0 Å². The molecule has 3 fully saturated rings. The number of cyclic esters (lactones) is 1. The monoisotopic (exact) mass is 909 g/mol. The molecular weight excluding hydrogens is 847 g/mol. The number of aromatic nitrogens is 2. The molecule has 2 aromatic heterocycles. The van der Waals surface area contributed by atoms with Gasteiger partial charge in [-0.2, -0.15) is 0 Å². The van der Waals surface area contributed by atoms with Crippen molar-refractivity contribution in [1.29, 1.82) is 0 Å². The maximum absolute atomic E-state index is 14.5. The van der Waals surface area contributed by atoms with Gasteiger partial charge in [0.05, 0.1) is 47.1 Å². The summed E-state index contributed by atoms with van der Waals surface area (Å²) in [7, 11) is 5.24. The van der Waals surface area contributed by atoms with Gasteiger partial charge in [-0.25, -0.2) is 4.79 Å². The van der Waals surface area contributed by atoms with Gasteiger partial charge >= 0.3 is 23.9 Å². The molecule has 356 valence electrons. The van der Waals surface area contributed by atoms with Gasteiger partial charge < -0.3 is 58.1 Å². The van der Waals surface area contributed by atoms with Gasteiger partial charge in [-0.3, -0.25) is 14.6 Å². The Labute approximate surface area is 379 Å². The second kappa shape index (κ2) is 21.8. The fraction of sp³-hybridized carbons (Fsp3) is 0.652. The number of aliphatic hydroxyl groups is 1. The van der Waals surface area contributed by atoms with Crippen LogP contribution in [0.3, 0.4) is 0 Å². The number of aliphatic hydroxyl groups excluding tert-OH is 1. The van der Waals surface area contributed by atoms with Gasteiger partial charge in [-0.1, -0.05) is 50.8 Å². The van der Waals surface area contributed by atoms with Crippen LogP contribution in [-0.4, -0.2) is 137 Å². The van der Waals surface area contributed by atoms with Crippen LogP contribution in [-0.2, 0) is 54.0 Å². The Morgan fingerprint density at radius 3 is 2.43 bits per heavy atom. The summed E-state index contributed by atoms with van der Waals surface area (Å²) in [5.74, 6) is 0.762. The second-order valence-electron chi connectivity index (χ2n) is 17.8. The molecule has 0 aliphatic carbocycles. The van der Waals surface area contributed by atoms with Crippen LogP contribution in [0.5, 0.6) is 0 Å². The Balaban J connectivity index is 1.61. The molecular formula is C46H63N5O14. The van der Waals surface area contributed by atoms with Crippen molar-refractivity contribution >= 4 is 29.6 Å². The van der Waals surface area contributed by atoms with E-state index in [4.69, 9.17) is 38.0 Å². The van der Waals surface area contributed by atoms with Crippen molar-refractivity contribution < 1.29 is 62.4 Å². The van der Waals surface area contributed by atoms with Crippen LogP contribution in [0, 0.1) is 45.6 Å². The Hall–Kier alpha value is -5.26. The third-order valence-electron chi connectivity index (χ3n) is 12.8.